The average molecular weight is 377 g/mol. The Morgan fingerprint density at radius 2 is 2.00 bits per heavy atom. The first-order valence-corrected chi connectivity index (χ1v) is 9.96. The summed E-state index contributed by atoms with van der Waals surface area (Å²) in [6.07, 6.45) is 6.40. The van der Waals surface area contributed by atoms with Crippen LogP contribution in [0.3, 0.4) is 0 Å². The zero-order valence-corrected chi connectivity index (χ0v) is 15.5. The van der Waals surface area contributed by atoms with Crippen LogP contribution in [0, 0.1) is 0 Å². The maximum absolute atomic E-state index is 12.5. The predicted molar refractivity (Wildman–Crippen MR) is 98.1 cm³/mol. The summed E-state index contributed by atoms with van der Waals surface area (Å²) in [4.78, 5) is 13.8. The lowest BCUT2D eigenvalue weighted by atomic mass is 9.90. The smallest absolute Gasteiger partial charge is 0.339 e. The highest BCUT2D eigenvalue weighted by atomic mass is 35.5. The van der Waals surface area contributed by atoms with Crippen molar-refractivity contribution in [2.24, 2.45) is 0 Å². The van der Waals surface area contributed by atoms with Crippen molar-refractivity contribution < 1.29 is 18.8 Å². The molecule has 2 atom stereocenters. The molecule has 3 heterocycles. The topological polar surface area (TPSA) is 53.1 Å². The average Bonchev–Trinajstić information content (AvgIpc) is 3.16. The molecule has 138 valence electrons. The van der Waals surface area contributed by atoms with Gasteiger partial charge in [0.1, 0.15) is 19.2 Å². The van der Waals surface area contributed by atoms with Crippen molar-refractivity contribution in [3.8, 4) is 5.75 Å². The number of hydrogen-bond donors (Lipinski definition) is 1. The summed E-state index contributed by atoms with van der Waals surface area (Å²) in [5.74, 6) is 0.675. The SMILES string of the molecule is O=c1oc2c3c(c(Cl)cc2c2c1CCCC2)OC[NH+](C[C@@H]1CCCO1)C3. The maximum atomic E-state index is 12.5. The minimum Gasteiger partial charge on any atom is -0.443 e. The van der Waals surface area contributed by atoms with Crippen LogP contribution >= 0.6 is 11.6 Å². The van der Waals surface area contributed by atoms with Crippen molar-refractivity contribution in [1.82, 2.24) is 0 Å². The number of benzene rings is 1. The third kappa shape index (κ3) is 2.73. The first kappa shape index (κ1) is 16.6. The standard InChI is InChI=1S/C20H22ClNO4/c21-17-8-15-13-5-1-2-6-14(13)20(23)26-18(15)16-10-22(11-25-19(16)17)9-12-4-3-7-24-12/h8,12H,1-7,9-11H2/p+1/t12-/m0/s1. The lowest BCUT2D eigenvalue weighted by Gasteiger charge is -2.29. The van der Waals surface area contributed by atoms with Gasteiger partial charge in [-0.3, -0.25) is 4.90 Å². The van der Waals surface area contributed by atoms with E-state index < -0.39 is 0 Å². The van der Waals surface area contributed by atoms with Crippen LogP contribution in [-0.2, 0) is 24.1 Å². The molecule has 3 aliphatic rings. The summed E-state index contributed by atoms with van der Waals surface area (Å²) in [7, 11) is 0. The second kappa shape index (κ2) is 6.55. The van der Waals surface area contributed by atoms with E-state index in [-0.39, 0.29) is 5.63 Å². The van der Waals surface area contributed by atoms with E-state index >= 15 is 0 Å². The lowest BCUT2D eigenvalue weighted by Crippen LogP contribution is -3.13. The van der Waals surface area contributed by atoms with Crippen molar-refractivity contribution in [1.29, 1.82) is 0 Å². The molecule has 0 bridgehead atoms. The van der Waals surface area contributed by atoms with Gasteiger partial charge in [0, 0.05) is 17.6 Å². The van der Waals surface area contributed by atoms with E-state index in [0.717, 1.165) is 80.3 Å². The first-order chi connectivity index (χ1) is 12.7. The summed E-state index contributed by atoms with van der Waals surface area (Å²) >= 11 is 6.54. The molecule has 5 rings (SSSR count). The Morgan fingerprint density at radius 3 is 2.81 bits per heavy atom. The Bertz CT molecular complexity index is 916. The van der Waals surface area contributed by atoms with Gasteiger partial charge in [-0.15, -0.1) is 0 Å². The van der Waals surface area contributed by atoms with E-state index in [0.29, 0.717) is 29.2 Å². The van der Waals surface area contributed by atoms with Crippen LogP contribution in [0.2, 0.25) is 5.02 Å². The number of quaternary nitrogens is 1. The minimum atomic E-state index is -0.192. The molecule has 5 nitrogen and oxygen atoms in total. The van der Waals surface area contributed by atoms with Gasteiger partial charge < -0.3 is 13.9 Å². The highest BCUT2D eigenvalue weighted by Gasteiger charge is 2.31. The molecular formula is C20H23ClNO4+. The minimum absolute atomic E-state index is 0.192. The van der Waals surface area contributed by atoms with Gasteiger partial charge in [-0.25, -0.2) is 4.79 Å². The van der Waals surface area contributed by atoms with E-state index in [1.54, 1.807) is 0 Å². The van der Waals surface area contributed by atoms with E-state index in [1.165, 1.54) is 4.90 Å². The fourth-order valence-electron chi connectivity index (χ4n) is 4.64. The Balaban J connectivity index is 1.59. The normalized spacial score (nSPS) is 25.0. The van der Waals surface area contributed by atoms with Gasteiger partial charge in [0.25, 0.3) is 0 Å². The summed E-state index contributed by atoms with van der Waals surface area (Å²) in [6, 6.07) is 1.92. The molecule has 0 saturated carbocycles. The van der Waals surface area contributed by atoms with E-state index in [1.807, 2.05) is 6.07 Å². The van der Waals surface area contributed by atoms with Gasteiger partial charge in [-0.2, -0.15) is 0 Å². The summed E-state index contributed by atoms with van der Waals surface area (Å²) in [5.41, 5.74) is 3.36. The lowest BCUT2D eigenvalue weighted by molar-refractivity contribution is -0.935. The van der Waals surface area contributed by atoms with Crippen molar-refractivity contribution in [2.75, 3.05) is 19.9 Å². The van der Waals surface area contributed by atoms with Gasteiger partial charge in [0.05, 0.1) is 10.6 Å². The fourth-order valence-corrected chi connectivity index (χ4v) is 4.92. The second-order valence-electron chi connectivity index (χ2n) is 7.65. The van der Waals surface area contributed by atoms with Crippen molar-refractivity contribution in [3.63, 3.8) is 0 Å². The van der Waals surface area contributed by atoms with Gasteiger partial charge >= 0.3 is 5.63 Å². The number of ether oxygens (including phenoxy) is 2. The number of fused-ring (bicyclic) bond motifs is 5. The van der Waals surface area contributed by atoms with Gasteiger partial charge in [0.15, 0.2) is 11.3 Å². The molecular weight excluding hydrogens is 354 g/mol. The zero-order valence-electron chi connectivity index (χ0n) is 14.7. The number of halogens is 1. The van der Waals surface area contributed by atoms with Crippen molar-refractivity contribution in [2.45, 2.75) is 51.2 Å². The highest BCUT2D eigenvalue weighted by Crippen LogP contribution is 2.38. The summed E-state index contributed by atoms with van der Waals surface area (Å²) < 4.78 is 17.5. The quantitative estimate of drug-likeness (QED) is 0.817. The van der Waals surface area contributed by atoms with Crippen LogP contribution in [0.1, 0.15) is 42.4 Å². The largest absolute Gasteiger partial charge is 0.443 e. The predicted octanol–water partition coefficient (Wildman–Crippen LogP) is 2.24. The number of nitrogens with one attached hydrogen (secondary N) is 1. The van der Waals surface area contributed by atoms with E-state index in [2.05, 4.69) is 0 Å². The van der Waals surface area contributed by atoms with Crippen molar-refractivity contribution in [3.05, 3.63) is 38.2 Å². The van der Waals surface area contributed by atoms with E-state index in [4.69, 9.17) is 25.5 Å². The van der Waals surface area contributed by atoms with Crippen LogP contribution in [-0.4, -0.2) is 26.0 Å². The molecule has 1 aromatic carbocycles. The van der Waals surface area contributed by atoms with Crippen LogP contribution < -0.4 is 15.3 Å². The molecule has 1 unspecified atom stereocenters. The van der Waals surface area contributed by atoms with Gasteiger partial charge in [-0.05, 0) is 50.2 Å². The van der Waals surface area contributed by atoms with Gasteiger partial charge in [-0.1, -0.05) is 11.6 Å². The molecule has 1 fully saturated rings. The molecule has 1 aliphatic carbocycles. The summed E-state index contributed by atoms with van der Waals surface area (Å²) in [5, 5.41) is 1.61. The third-order valence-electron chi connectivity index (χ3n) is 5.90. The van der Waals surface area contributed by atoms with Crippen LogP contribution in [0.15, 0.2) is 15.3 Å². The number of aryl methyl sites for hydroxylation is 1. The Kier molecular flexibility index (Phi) is 4.18. The molecule has 0 radical (unpaired) electrons. The van der Waals surface area contributed by atoms with Gasteiger partial charge in [0.2, 0.25) is 6.73 Å². The van der Waals surface area contributed by atoms with Crippen LogP contribution in [0.25, 0.3) is 11.0 Å². The molecule has 0 amide bonds. The monoisotopic (exact) mass is 376 g/mol. The van der Waals surface area contributed by atoms with Crippen molar-refractivity contribution >= 4 is 22.6 Å². The molecule has 2 aliphatic heterocycles. The molecule has 1 N–H and O–H groups in total. The molecule has 1 aromatic heterocycles. The molecule has 2 aromatic rings. The zero-order chi connectivity index (χ0) is 17.7. The summed E-state index contributed by atoms with van der Waals surface area (Å²) in [6.45, 7) is 3.06. The Labute approximate surface area is 156 Å². The van der Waals surface area contributed by atoms with E-state index in [9.17, 15) is 4.79 Å². The number of hydrogen-bond acceptors (Lipinski definition) is 4. The van der Waals surface area contributed by atoms with Crippen LogP contribution in [0.4, 0.5) is 0 Å². The Hall–Kier alpha value is -1.56. The second-order valence-corrected chi connectivity index (χ2v) is 8.06. The maximum Gasteiger partial charge on any atom is 0.339 e. The molecule has 0 spiro atoms. The number of rotatable bonds is 2. The first-order valence-electron chi connectivity index (χ1n) is 9.58. The highest BCUT2D eigenvalue weighted by molar-refractivity contribution is 6.33. The van der Waals surface area contributed by atoms with Crippen LogP contribution in [0.5, 0.6) is 5.75 Å². The molecule has 26 heavy (non-hydrogen) atoms. The fraction of sp³-hybridized carbons (Fsp3) is 0.550. The third-order valence-corrected chi connectivity index (χ3v) is 6.18. The molecule has 1 saturated heterocycles. The molecule has 6 heteroatoms. The Morgan fingerprint density at radius 1 is 1.15 bits per heavy atom.